The van der Waals surface area contributed by atoms with Crippen molar-refractivity contribution in [3.8, 4) is 0 Å². The number of rotatable bonds is 1. The third-order valence-electron chi connectivity index (χ3n) is 2.28. The van der Waals surface area contributed by atoms with Crippen LogP contribution in [0.4, 0.5) is 0 Å². The highest BCUT2D eigenvalue weighted by atomic mass is 16.6. The molecule has 2 aromatic rings. The number of nitrogens with zero attached hydrogens (tertiary/aromatic N) is 1. The van der Waals surface area contributed by atoms with Crippen molar-refractivity contribution in [1.29, 1.82) is 0 Å². The Kier molecular flexibility index (Phi) is 2.90. The lowest BCUT2D eigenvalue weighted by Crippen LogP contribution is -2.24. The molecule has 1 aromatic heterocycles. The number of carbonyl (C=O) groups excluding carboxylic acids is 1. The monoisotopic (exact) mass is 246 g/mol. The van der Waals surface area contributed by atoms with Crippen molar-refractivity contribution in [1.82, 2.24) is 9.97 Å². The second kappa shape index (κ2) is 4.25. The maximum Gasteiger partial charge on any atom is 0.338 e. The van der Waals surface area contributed by atoms with Crippen molar-refractivity contribution >= 4 is 16.9 Å². The maximum absolute atomic E-state index is 11.9. The minimum absolute atomic E-state index is 0.226. The van der Waals surface area contributed by atoms with Gasteiger partial charge in [-0.1, -0.05) is 0 Å². The molecular weight excluding hydrogens is 232 g/mol. The van der Waals surface area contributed by atoms with Gasteiger partial charge >= 0.3 is 5.97 Å². The van der Waals surface area contributed by atoms with Gasteiger partial charge in [0.25, 0.3) is 5.56 Å². The number of hydrogen-bond donors (Lipinski definition) is 1. The molecule has 1 aromatic carbocycles. The molecule has 2 rings (SSSR count). The largest absolute Gasteiger partial charge is 0.456 e. The molecule has 5 heteroatoms. The predicted molar refractivity (Wildman–Crippen MR) is 67.5 cm³/mol. The van der Waals surface area contributed by atoms with E-state index in [1.807, 2.05) is 0 Å². The Labute approximate surface area is 104 Å². The predicted octanol–water partition coefficient (Wildman–Crippen LogP) is 1.88. The molecule has 0 unspecified atom stereocenters. The highest BCUT2D eigenvalue weighted by Gasteiger charge is 2.18. The molecule has 0 spiro atoms. The summed E-state index contributed by atoms with van der Waals surface area (Å²) in [4.78, 5) is 29.8. The summed E-state index contributed by atoms with van der Waals surface area (Å²) in [6, 6.07) is 4.69. The Bertz CT molecular complexity index is 653. The van der Waals surface area contributed by atoms with Crippen LogP contribution < -0.4 is 5.56 Å². The SMILES string of the molecule is CC(C)(C)OC(=O)c1ccc2c(=O)[nH]cnc2c1. The van der Waals surface area contributed by atoms with E-state index in [4.69, 9.17) is 4.74 Å². The number of benzene rings is 1. The van der Waals surface area contributed by atoms with Gasteiger partial charge in [-0.15, -0.1) is 0 Å². The third kappa shape index (κ3) is 2.56. The molecule has 1 N–H and O–H groups in total. The lowest BCUT2D eigenvalue weighted by molar-refractivity contribution is 0.00697. The summed E-state index contributed by atoms with van der Waals surface area (Å²) in [6.45, 7) is 5.40. The second-order valence-electron chi connectivity index (χ2n) is 4.97. The van der Waals surface area contributed by atoms with E-state index in [1.165, 1.54) is 6.33 Å². The molecule has 0 bridgehead atoms. The number of esters is 1. The third-order valence-corrected chi connectivity index (χ3v) is 2.28. The number of aromatic amines is 1. The fourth-order valence-electron chi connectivity index (χ4n) is 1.53. The zero-order valence-electron chi connectivity index (χ0n) is 10.5. The highest BCUT2D eigenvalue weighted by Crippen LogP contribution is 2.14. The second-order valence-corrected chi connectivity index (χ2v) is 4.97. The Hall–Kier alpha value is -2.17. The first kappa shape index (κ1) is 12.3. The van der Waals surface area contributed by atoms with Crippen molar-refractivity contribution in [2.45, 2.75) is 26.4 Å². The van der Waals surface area contributed by atoms with E-state index in [1.54, 1.807) is 39.0 Å². The smallest absolute Gasteiger partial charge is 0.338 e. The highest BCUT2D eigenvalue weighted by molar-refractivity contribution is 5.94. The standard InChI is InChI=1S/C13H14N2O3/c1-13(2,3)18-12(17)8-4-5-9-10(6-8)14-7-15-11(9)16/h4-7H,1-3H3,(H,14,15,16). The Morgan fingerprint density at radius 1 is 1.33 bits per heavy atom. The molecule has 5 nitrogen and oxygen atoms in total. The van der Waals surface area contributed by atoms with Gasteiger partial charge in [-0.05, 0) is 39.0 Å². The van der Waals surface area contributed by atoms with E-state index in [-0.39, 0.29) is 5.56 Å². The molecule has 18 heavy (non-hydrogen) atoms. The minimum atomic E-state index is -0.548. The maximum atomic E-state index is 11.9. The number of ether oxygens (including phenoxy) is 1. The van der Waals surface area contributed by atoms with Crippen LogP contribution in [0.25, 0.3) is 10.9 Å². The summed E-state index contributed by atoms with van der Waals surface area (Å²) in [6.07, 6.45) is 1.31. The molecule has 0 saturated carbocycles. The van der Waals surface area contributed by atoms with Crippen molar-refractivity contribution in [3.63, 3.8) is 0 Å². The Morgan fingerprint density at radius 2 is 2.06 bits per heavy atom. The summed E-state index contributed by atoms with van der Waals surface area (Å²) in [5, 5.41) is 0.449. The fourth-order valence-corrected chi connectivity index (χ4v) is 1.53. The number of H-pyrrole nitrogens is 1. The van der Waals surface area contributed by atoms with Crippen LogP contribution in [0.15, 0.2) is 29.3 Å². The average Bonchev–Trinajstić information content (AvgIpc) is 2.26. The average molecular weight is 246 g/mol. The van der Waals surface area contributed by atoms with Gasteiger partial charge in [-0.3, -0.25) is 4.79 Å². The molecule has 94 valence electrons. The first-order chi connectivity index (χ1) is 8.37. The van der Waals surface area contributed by atoms with Gasteiger partial charge in [0.05, 0.1) is 22.8 Å². The van der Waals surface area contributed by atoms with E-state index < -0.39 is 11.6 Å². The van der Waals surface area contributed by atoms with Crippen molar-refractivity contribution in [2.75, 3.05) is 0 Å². The molecule has 0 aliphatic carbocycles. The normalized spacial score (nSPS) is 11.5. The van der Waals surface area contributed by atoms with Crippen LogP contribution in [-0.4, -0.2) is 21.5 Å². The molecule has 0 atom stereocenters. The summed E-state index contributed by atoms with van der Waals surface area (Å²) in [7, 11) is 0. The number of nitrogens with one attached hydrogen (secondary N) is 1. The summed E-state index contributed by atoms with van der Waals surface area (Å²) in [5.74, 6) is -0.425. The van der Waals surface area contributed by atoms with Crippen LogP contribution in [0.3, 0.4) is 0 Å². The quantitative estimate of drug-likeness (QED) is 0.780. The van der Waals surface area contributed by atoms with Crippen LogP contribution in [0.1, 0.15) is 31.1 Å². The lowest BCUT2D eigenvalue weighted by atomic mass is 10.1. The topological polar surface area (TPSA) is 72.1 Å². The van der Waals surface area contributed by atoms with Crippen LogP contribution in [0.5, 0.6) is 0 Å². The minimum Gasteiger partial charge on any atom is -0.456 e. The summed E-state index contributed by atoms with van der Waals surface area (Å²) < 4.78 is 5.25. The van der Waals surface area contributed by atoms with Gasteiger partial charge in [0, 0.05) is 0 Å². The molecule has 0 fully saturated rings. The molecule has 0 radical (unpaired) electrons. The molecule has 0 aliphatic rings. The Morgan fingerprint density at radius 3 is 2.72 bits per heavy atom. The van der Waals surface area contributed by atoms with Gasteiger partial charge in [-0.25, -0.2) is 9.78 Å². The van der Waals surface area contributed by atoms with E-state index in [9.17, 15) is 9.59 Å². The van der Waals surface area contributed by atoms with E-state index >= 15 is 0 Å². The van der Waals surface area contributed by atoms with Crippen LogP contribution >= 0.6 is 0 Å². The van der Waals surface area contributed by atoms with Gasteiger partial charge in [0.15, 0.2) is 0 Å². The zero-order valence-corrected chi connectivity index (χ0v) is 10.5. The van der Waals surface area contributed by atoms with Gasteiger partial charge in [-0.2, -0.15) is 0 Å². The molecule has 1 heterocycles. The molecule has 0 amide bonds. The number of aromatic nitrogens is 2. The van der Waals surface area contributed by atoms with Crippen LogP contribution in [-0.2, 0) is 4.74 Å². The fraction of sp³-hybridized carbons (Fsp3) is 0.308. The summed E-state index contributed by atoms with van der Waals surface area (Å²) >= 11 is 0. The Balaban J connectivity index is 2.42. The van der Waals surface area contributed by atoms with Crippen molar-refractivity contribution in [2.24, 2.45) is 0 Å². The van der Waals surface area contributed by atoms with Gasteiger partial charge < -0.3 is 9.72 Å². The van der Waals surface area contributed by atoms with Gasteiger partial charge in [0.2, 0.25) is 0 Å². The first-order valence-electron chi connectivity index (χ1n) is 5.58. The zero-order chi connectivity index (χ0) is 13.3. The number of fused-ring (bicyclic) bond motifs is 1. The first-order valence-corrected chi connectivity index (χ1v) is 5.58. The number of hydrogen-bond acceptors (Lipinski definition) is 4. The van der Waals surface area contributed by atoms with Crippen molar-refractivity contribution < 1.29 is 9.53 Å². The summed E-state index contributed by atoms with van der Waals surface area (Å²) in [5.41, 5.74) is 0.0848. The molecular formula is C13H14N2O3. The van der Waals surface area contributed by atoms with E-state index in [2.05, 4.69) is 9.97 Å². The van der Waals surface area contributed by atoms with Crippen LogP contribution in [0, 0.1) is 0 Å². The van der Waals surface area contributed by atoms with Gasteiger partial charge in [0.1, 0.15) is 5.60 Å². The van der Waals surface area contributed by atoms with Crippen molar-refractivity contribution in [3.05, 3.63) is 40.4 Å². The lowest BCUT2D eigenvalue weighted by Gasteiger charge is -2.19. The molecule has 0 saturated heterocycles. The van der Waals surface area contributed by atoms with E-state index in [0.29, 0.717) is 16.5 Å². The number of carbonyl (C=O) groups is 1. The van der Waals surface area contributed by atoms with Crippen LogP contribution in [0.2, 0.25) is 0 Å². The van der Waals surface area contributed by atoms with E-state index in [0.717, 1.165) is 0 Å². The molecule has 0 aliphatic heterocycles.